The molecule has 0 fully saturated rings. The molecule has 1 rings (SSSR count). The summed E-state index contributed by atoms with van der Waals surface area (Å²) in [5, 5.41) is 2.70. The van der Waals surface area contributed by atoms with Crippen molar-refractivity contribution < 1.29 is 4.79 Å². The lowest BCUT2D eigenvalue weighted by Crippen LogP contribution is -2.12. The molecule has 0 aliphatic carbocycles. The molecule has 0 atom stereocenters. The van der Waals surface area contributed by atoms with Gasteiger partial charge in [-0.05, 0) is 29.4 Å². The van der Waals surface area contributed by atoms with Crippen LogP contribution in [0.4, 0.5) is 0 Å². The maximum Gasteiger partial charge on any atom is 0.207 e. The van der Waals surface area contributed by atoms with E-state index in [1.165, 1.54) is 17.5 Å². The molecule has 0 spiro atoms. The number of amides is 1. The Morgan fingerprint density at radius 1 is 1.05 bits per heavy atom. The molecule has 1 aromatic carbocycles. The Bertz CT molecular complexity index is 345. The van der Waals surface area contributed by atoms with Gasteiger partial charge in [0.05, 0.1) is 0 Å². The average molecular weight is 263 g/mol. The highest BCUT2D eigenvalue weighted by Gasteiger charge is 2.02. The van der Waals surface area contributed by atoms with Gasteiger partial charge in [0.2, 0.25) is 6.41 Å². The van der Waals surface area contributed by atoms with Crippen LogP contribution < -0.4 is 5.32 Å². The Kier molecular flexibility index (Phi) is 9.87. The maximum absolute atomic E-state index is 10.2. The van der Waals surface area contributed by atoms with Crippen LogP contribution in [0.15, 0.2) is 24.3 Å². The molecule has 0 saturated heterocycles. The molecule has 2 nitrogen and oxygen atoms in total. The van der Waals surface area contributed by atoms with E-state index < -0.39 is 0 Å². The van der Waals surface area contributed by atoms with Crippen LogP contribution in [0.25, 0.3) is 0 Å². The summed E-state index contributed by atoms with van der Waals surface area (Å²) in [4.78, 5) is 10.2. The van der Waals surface area contributed by atoms with Gasteiger partial charge >= 0.3 is 0 Å². The van der Waals surface area contributed by atoms with Crippen molar-refractivity contribution in [2.24, 2.45) is 11.8 Å². The van der Waals surface area contributed by atoms with Gasteiger partial charge in [-0.3, -0.25) is 4.79 Å². The molecule has 0 heterocycles. The maximum atomic E-state index is 10.2. The Morgan fingerprint density at radius 3 is 2.00 bits per heavy atom. The Morgan fingerprint density at radius 2 is 1.58 bits per heavy atom. The first kappa shape index (κ1) is 17.7. The molecular formula is C17H29NO. The summed E-state index contributed by atoms with van der Waals surface area (Å²) in [6.45, 7) is 11.7. The zero-order valence-corrected chi connectivity index (χ0v) is 13.1. The van der Waals surface area contributed by atoms with E-state index in [9.17, 15) is 4.79 Å². The molecule has 0 bridgehead atoms. The summed E-state index contributed by atoms with van der Waals surface area (Å²) in [6, 6.07) is 8.24. The number of nitrogens with one attached hydrogen (secondary N) is 1. The molecule has 19 heavy (non-hydrogen) atoms. The van der Waals surface area contributed by atoms with Crippen LogP contribution in [0.3, 0.4) is 0 Å². The lowest BCUT2D eigenvalue weighted by molar-refractivity contribution is -0.109. The highest BCUT2D eigenvalue weighted by atomic mass is 16.1. The molecule has 0 aliphatic rings. The van der Waals surface area contributed by atoms with Crippen LogP contribution in [0, 0.1) is 11.8 Å². The molecule has 1 amide bonds. The van der Waals surface area contributed by atoms with Crippen molar-refractivity contribution in [2.75, 3.05) is 0 Å². The van der Waals surface area contributed by atoms with E-state index in [2.05, 4.69) is 52.1 Å². The Labute approximate surface area is 118 Å². The first-order valence-corrected chi connectivity index (χ1v) is 7.25. The quantitative estimate of drug-likeness (QED) is 0.766. The van der Waals surface area contributed by atoms with Crippen LogP contribution in [-0.2, 0) is 17.8 Å². The van der Waals surface area contributed by atoms with E-state index in [1.54, 1.807) is 0 Å². The predicted molar refractivity (Wildman–Crippen MR) is 83.0 cm³/mol. The van der Waals surface area contributed by atoms with Crippen LogP contribution in [0.2, 0.25) is 0 Å². The zero-order valence-electron chi connectivity index (χ0n) is 13.1. The molecule has 0 radical (unpaired) electrons. The summed E-state index contributed by atoms with van der Waals surface area (Å²) in [5.74, 6) is 1.53. The molecule has 0 saturated carbocycles. The lowest BCUT2D eigenvalue weighted by atomic mass is 9.98. The molecule has 0 unspecified atom stereocenters. The first-order chi connectivity index (χ1) is 9.01. The van der Waals surface area contributed by atoms with Gasteiger partial charge < -0.3 is 5.32 Å². The predicted octanol–water partition coefficient (Wildman–Crippen LogP) is 4.18. The van der Waals surface area contributed by atoms with Gasteiger partial charge in [0, 0.05) is 6.54 Å². The van der Waals surface area contributed by atoms with Gasteiger partial charge in [-0.25, -0.2) is 0 Å². The largest absolute Gasteiger partial charge is 0.355 e. The van der Waals surface area contributed by atoms with Gasteiger partial charge in [-0.1, -0.05) is 65.3 Å². The molecule has 108 valence electrons. The Hall–Kier alpha value is -1.31. The minimum Gasteiger partial charge on any atom is -0.355 e. The second kappa shape index (κ2) is 10.6. The first-order valence-electron chi connectivity index (χ1n) is 7.25. The van der Waals surface area contributed by atoms with Gasteiger partial charge in [0.25, 0.3) is 0 Å². The molecule has 2 heteroatoms. The molecule has 0 aromatic heterocycles. The molecule has 0 aliphatic heterocycles. The number of benzene rings is 1. The highest BCUT2D eigenvalue weighted by molar-refractivity contribution is 5.46. The van der Waals surface area contributed by atoms with E-state index in [4.69, 9.17) is 0 Å². The third-order valence-electron chi connectivity index (χ3n) is 2.94. The summed E-state index contributed by atoms with van der Waals surface area (Å²) < 4.78 is 0. The van der Waals surface area contributed by atoms with Gasteiger partial charge in [0.15, 0.2) is 0 Å². The number of rotatable bonds is 6. The second-order valence-corrected chi connectivity index (χ2v) is 5.67. The number of hydrogen-bond donors (Lipinski definition) is 1. The van der Waals surface area contributed by atoms with E-state index in [0.717, 1.165) is 18.7 Å². The fourth-order valence-electron chi connectivity index (χ4n) is 1.52. The van der Waals surface area contributed by atoms with Crippen LogP contribution in [-0.4, -0.2) is 6.41 Å². The van der Waals surface area contributed by atoms with Crippen LogP contribution in [0.1, 0.15) is 52.2 Å². The van der Waals surface area contributed by atoms with E-state index in [0.29, 0.717) is 12.5 Å². The zero-order chi connectivity index (χ0) is 14.7. The minimum absolute atomic E-state index is 0.631. The van der Waals surface area contributed by atoms with Crippen molar-refractivity contribution in [3.8, 4) is 0 Å². The fourth-order valence-corrected chi connectivity index (χ4v) is 1.52. The molecule has 1 aromatic rings. The SMILES string of the molecule is CC(C)Cc1ccccc1CNC=O.CCC(C)C. The molecular weight excluding hydrogens is 234 g/mol. The van der Waals surface area contributed by atoms with Crippen molar-refractivity contribution in [1.29, 1.82) is 0 Å². The standard InChI is InChI=1S/C12H17NO.C5H12/c1-10(2)7-11-5-3-4-6-12(11)8-13-9-14;1-4-5(2)3/h3-6,9-10H,7-8H2,1-2H3,(H,13,14);5H,4H2,1-3H3. The lowest BCUT2D eigenvalue weighted by Gasteiger charge is -2.10. The summed E-state index contributed by atoms with van der Waals surface area (Å²) >= 11 is 0. The van der Waals surface area contributed by atoms with Crippen LogP contribution in [0.5, 0.6) is 0 Å². The third-order valence-corrected chi connectivity index (χ3v) is 2.94. The minimum atomic E-state index is 0.631. The highest BCUT2D eigenvalue weighted by Crippen LogP contribution is 2.13. The average Bonchev–Trinajstić information content (AvgIpc) is 2.38. The van der Waals surface area contributed by atoms with E-state index in [1.807, 2.05) is 12.1 Å². The summed E-state index contributed by atoms with van der Waals surface area (Å²) in [7, 11) is 0. The van der Waals surface area contributed by atoms with Gasteiger partial charge in [-0.2, -0.15) is 0 Å². The monoisotopic (exact) mass is 263 g/mol. The molecule has 1 N–H and O–H groups in total. The third kappa shape index (κ3) is 9.29. The Balaban J connectivity index is 0.000000555. The summed E-state index contributed by atoms with van der Waals surface area (Å²) in [6.07, 6.45) is 3.11. The van der Waals surface area contributed by atoms with Crippen molar-refractivity contribution in [3.05, 3.63) is 35.4 Å². The van der Waals surface area contributed by atoms with Gasteiger partial charge in [-0.15, -0.1) is 0 Å². The topological polar surface area (TPSA) is 29.1 Å². The van der Waals surface area contributed by atoms with Crippen molar-refractivity contribution in [3.63, 3.8) is 0 Å². The fraction of sp³-hybridized carbons (Fsp3) is 0.588. The van der Waals surface area contributed by atoms with Crippen molar-refractivity contribution in [1.82, 2.24) is 5.32 Å². The van der Waals surface area contributed by atoms with Crippen LogP contribution >= 0.6 is 0 Å². The van der Waals surface area contributed by atoms with E-state index >= 15 is 0 Å². The van der Waals surface area contributed by atoms with E-state index in [-0.39, 0.29) is 0 Å². The van der Waals surface area contributed by atoms with Gasteiger partial charge in [0.1, 0.15) is 0 Å². The number of carbonyl (C=O) groups is 1. The normalized spacial score (nSPS) is 10.1. The van der Waals surface area contributed by atoms with Crippen molar-refractivity contribution >= 4 is 6.41 Å². The number of hydrogen-bond acceptors (Lipinski definition) is 1. The smallest absolute Gasteiger partial charge is 0.207 e. The summed E-state index contributed by atoms with van der Waals surface area (Å²) in [5.41, 5.74) is 2.55. The van der Waals surface area contributed by atoms with Crippen molar-refractivity contribution in [2.45, 2.75) is 54.0 Å². The second-order valence-electron chi connectivity index (χ2n) is 5.67. The number of carbonyl (C=O) groups excluding carboxylic acids is 1.